The highest BCUT2D eigenvalue weighted by Gasteiger charge is 2.21. The summed E-state index contributed by atoms with van der Waals surface area (Å²) in [5.74, 6) is 0.207. The van der Waals surface area contributed by atoms with Gasteiger partial charge < -0.3 is 10.6 Å². The van der Waals surface area contributed by atoms with Crippen LogP contribution >= 0.6 is 15.9 Å². The molecule has 17 heavy (non-hydrogen) atoms. The van der Waals surface area contributed by atoms with Crippen LogP contribution in [0, 0.1) is 12.8 Å². The average molecular weight is 297 g/mol. The molecule has 0 bridgehead atoms. The third-order valence-electron chi connectivity index (χ3n) is 3.05. The van der Waals surface area contributed by atoms with Crippen LogP contribution in [0.2, 0.25) is 0 Å². The van der Waals surface area contributed by atoms with Gasteiger partial charge in [-0.15, -0.1) is 0 Å². The Balaban J connectivity index is 2.02. The van der Waals surface area contributed by atoms with Crippen LogP contribution in [0.3, 0.4) is 0 Å². The molecule has 0 saturated carbocycles. The maximum atomic E-state index is 12.0. The number of nitrogens with one attached hydrogen (secondary N) is 2. The highest BCUT2D eigenvalue weighted by molar-refractivity contribution is 9.10. The summed E-state index contributed by atoms with van der Waals surface area (Å²) >= 11 is 3.47. The molecular weight excluding hydrogens is 280 g/mol. The van der Waals surface area contributed by atoms with E-state index in [4.69, 9.17) is 0 Å². The minimum absolute atomic E-state index is 0.0944. The molecule has 1 aromatic rings. The molecule has 1 atom stereocenters. The van der Waals surface area contributed by atoms with E-state index >= 15 is 0 Å². The van der Waals surface area contributed by atoms with Crippen molar-refractivity contribution >= 4 is 27.5 Å². The summed E-state index contributed by atoms with van der Waals surface area (Å²) in [6, 6.07) is 5.95. The fourth-order valence-electron chi connectivity index (χ4n) is 2.03. The molecule has 1 heterocycles. The van der Waals surface area contributed by atoms with Crippen LogP contribution in [0.15, 0.2) is 22.7 Å². The van der Waals surface area contributed by atoms with Crippen LogP contribution in [0.4, 0.5) is 5.69 Å². The number of amides is 1. The van der Waals surface area contributed by atoms with E-state index in [0.29, 0.717) is 0 Å². The first-order chi connectivity index (χ1) is 8.16. The normalized spacial score (nSPS) is 20.0. The molecule has 1 aliphatic rings. The maximum Gasteiger partial charge on any atom is 0.228 e. The predicted molar refractivity (Wildman–Crippen MR) is 73.1 cm³/mol. The van der Waals surface area contributed by atoms with Gasteiger partial charge in [0.1, 0.15) is 0 Å². The molecule has 92 valence electrons. The highest BCUT2D eigenvalue weighted by atomic mass is 79.9. The zero-order valence-corrected chi connectivity index (χ0v) is 11.5. The average Bonchev–Trinajstić information content (AvgIpc) is 2.34. The van der Waals surface area contributed by atoms with Gasteiger partial charge in [0.2, 0.25) is 5.91 Å². The predicted octanol–water partition coefficient (Wildman–Crippen LogP) is 2.70. The van der Waals surface area contributed by atoms with E-state index in [2.05, 4.69) is 26.6 Å². The highest BCUT2D eigenvalue weighted by Crippen LogP contribution is 2.24. The molecule has 0 radical (unpaired) electrons. The number of hydrogen-bond acceptors (Lipinski definition) is 2. The Bertz CT molecular complexity index is 414. The molecule has 2 N–H and O–H groups in total. The lowest BCUT2D eigenvalue weighted by atomic mass is 9.99. The van der Waals surface area contributed by atoms with E-state index in [1.807, 2.05) is 25.1 Å². The Labute approximate surface area is 110 Å². The molecule has 2 rings (SSSR count). The van der Waals surface area contributed by atoms with E-state index in [-0.39, 0.29) is 11.8 Å². The van der Waals surface area contributed by atoms with Crippen molar-refractivity contribution in [1.29, 1.82) is 0 Å². The monoisotopic (exact) mass is 296 g/mol. The molecule has 0 aromatic heterocycles. The molecule has 1 fully saturated rings. The molecular formula is C13H17BrN2O. The van der Waals surface area contributed by atoms with Gasteiger partial charge in [0.15, 0.2) is 0 Å². The topological polar surface area (TPSA) is 41.1 Å². The molecule has 0 unspecified atom stereocenters. The summed E-state index contributed by atoms with van der Waals surface area (Å²) in [6.45, 7) is 3.84. The lowest BCUT2D eigenvalue weighted by molar-refractivity contribution is -0.120. The standard InChI is InChI=1S/C13H17BrN2O/c1-9-4-5-12(11(14)7-9)16-13(17)10-3-2-6-15-8-10/h4-5,7,10,15H,2-3,6,8H2,1H3,(H,16,17)/t10-/m0/s1. The number of hydrogen-bond donors (Lipinski definition) is 2. The summed E-state index contributed by atoms with van der Waals surface area (Å²) < 4.78 is 0.939. The number of rotatable bonds is 2. The number of carbonyl (C=O) groups excluding carboxylic acids is 1. The van der Waals surface area contributed by atoms with Gasteiger partial charge in [0, 0.05) is 11.0 Å². The van der Waals surface area contributed by atoms with Crippen LogP contribution in [-0.2, 0) is 4.79 Å². The number of carbonyl (C=O) groups is 1. The van der Waals surface area contributed by atoms with Gasteiger partial charge in [-0.1, -0.05) is 6.07 Å². The fraction of sp³-hybridized carbons (Fsp3) is 0.462. The third kappa shape index (κ3) is 3.30. The van der Waals surface area contributed by atoms with Crippen LogP contribution < -0.4 is 10.6 Å². The Kier molecular flexibility index (Phi) is 4.18. The van der Waals surface area contributed by atoms with E-state index in [1.54, 1.807) is 0 Å². The summed E-state index contributed by atoms with van der Waals surface area (Å²) in [4.78, 5) is 12.0. The largest absolute Gasteiger partial charge is 0.325 e. The molecule has 1 saturated heterocycles. The zero-order valence-electron chi connectivity index (χ0n) is 9.92. The molecule has 3 nitrogen and oxygen atoms in total. The van der Waals surface area contributed by atoms with Crippen LogP contribution in [0.1, 0.15) is 18.4 Å². The van der Waals surface area contributed by atoms with Crippen molar-refractivity contribution in [3.05, 3.63) is 28.2 Å². The molecule has 1 aliphatic heterocycles. The summed E-state index contributed by atoms with van der Waals surface area (Å²) in [6.07, 6.45) is 2.05. The molecule has 0 spiro atoms. The number of anilines is 1. The lowest BCUT2D eigenvalue weighted by Gasteiger charge is -2.22. The summed E-state index contributed by atoms with van der Waals surface area (Å²) in [5.41, 5.74) is 2.03. The third-order valence-corrected chi connectivity index (χ3v) is 3.71. The van der Waals surface area contributed by atoms with Gasteiger partial charge >= 0.3 is 0 Å². The second-order valence-corrected chi connectivity index (χ2v) is 5.37. The Morgan fingerprint density at radius 1 is 1.53 bits per heavy atom. The second-order valence-electron chi connectivity index (χ2n) is 4.52. The minimum Gasteiger partial charge on any atom is -0.325 e. The Hall–Kier alpha value is -0.870. The van der Waals surface area contributed by atoms with Crippen molar-refractivity contribution in [2.75, 3.05) is 18.4 Å². The number of benzene rings is 1. The lowest BCUT2D eigenvalue weighted by Crippen LogP contribution is -2.37. The van der Waals surface area contributed by atoms with Gasteiger partial charge in [-0.25, -0.2) is 0 Å². The SMILES string of the molecule is Cc1ccc(NC(=O)[C@H]2CCCNC2)c(Br)c1. The molecule has 1 amide bonds. The molecule has 1 aromatic carbocycles. The van der Waals surface area contributed by atoms with Crippen LogP contribution in [0.25, 0.3) is 0 Å². The summed E-state index contributed by atoms with van der Waals surface area (Å²) in [5, 5.41) is 6.23. The van der Waals surface area contributed by atoms with E-state index in [0.717, 1.165) is 36.1 Å². The Morgan fingerprint density at radius 2 is 2.35 bits per heavy atom. The molecule has 4 heteroatoms. The van der Waals surface area contributed by atoms with Gasteiger partial charge in [0.25, 0.3) is 0 Å². The van der Waals surface area contributed by atoms with Crippen LogP contribution in [-0.4, -0.2) is 19.0 Å². The van der Waals surface area contributed by atoms with Gasteiger partial charge in [-0.05, 0) is 59.9 Å². The first-order valence-electron chi connectivity index (χ1n) is 5.94. The van der Waals surface area contributed by atoms with Crippen molar-refractivity contribution in [2.24, 2.45) is 5.92 Å². The summed E-state index contributed by atoms with van der Waals surface area (Å²) in [7, 11) is 0. The van der Waals surface area contributed by atoms with E-state index in [1.165, 1.54) is 5.56 Å². The fourth-order valence-corrected chi connectivity index (χ4v) is 2.62. The van der Waals surface area contributed by atoms with Crippen molar-refractivity contribution < 1.29 is 4.79 Å². The van der Waals surface area contributed by atoms with Gasteiger partial charge in [-0.2, -0.15) is 0 Å². The number of aryl methyl sites for hydroxylation is 1. The quantitative estimate of drug-likeness (QED) is 0.881. The van der Waals surface area contributed by atoms with Gasteiger partial charge in [0.05, 0.1) is 11.6 Å². The smallest absolute Gasteiger partial charge is 0.228 e. The van der Waals surface area contributed by atoms with Crippen molar-refractivity contribution in [1.82, 2.24) is 5.32 Å². The van der Waals surface area contributed by atoms with Gasteiger partial charge in [-0.3, -0.25) is 4.79 Å². The van der Waals surface area contributed by atoms with E-state index < -0.39 is 0 Å². The number of piperidine rings is 1. The first-order valence-corrected chi connectivity index (χ1v) is 6.74. The molecule has 0 aliphatic carbocycles. The van der Waals surface area contributed by atoms with E-state index in [9.17, 15) is 4.79 Å². The second kappa shape index (κ2) is 5.65. The van der Waals surface area contributed by atoms with Crippen LogP contribution in [0.5, 0.6) is 0 Å². The van der Waals surface area contributed by atoms with Crippen molar-refractivity contribution in [3.63, 3.8) is 0 Å². The number of halogens is 1. The van der Waals surface area contributed by atoms with Crippen molar-refractivity contribution in [2.45, 2.75) is 19.8 Å². The Morgan fingerprint density at radius 3 is 3.00 bits per heavy atom. The van der Waals surface area contributed by atoms with Crippen molar-refractivity contribution in [3.8, 4) is 0 Å². The zero-order chi connectivity index (χ0) is 12.3. The first kappa shape index (κ1) is 12.6. The maximum absolute atomic E-state index is 12.0. The minimum atomic E-state index is 0.0944.